The van der Waals surface area contributed by atoms with Gasteiger partial charge < -0.3 is 14.4 Å². The number of benzene rings is 1. The molecule has 2 aromatic heterocycles. The molecule has 0 radical (unpaired) electrons. The highest BCUT2D eigenvalue weighted by molar-refractivity contribution is 5.94. The lowest BCUT2D eigenvalue weighted by Gasteiger charge is -2.32. The molecule has 4 rings (SSSR count). The molecule has 1 fully saturated rings. The van der Waals surface area contributed by atoms with Crippen LogP contribution in [0.25, 0.3) is 5.82 Å². The molecular weight excluding hydrogens is 382 g/mol. The summed E-state index contributed by atoms with van der Waals surface area (Å²) in [6.45, 7) is 5.24. The maximum absolute atomic E-state index is 12.8. The van der Waals surface area contributed by atoms with E-state index in [9.17, 15) is 4.79 Å². The maximum Gasteiger partial charge on any atom is 0.253 e. The summed E-state index contributed by atoms with van der Waals surface area (Å²) >= 11 is 0. The normalized spacial score (nSPS) is 14.7. The van der Waals surface area contributed by atoms with Gasteiger partial charge in [0.05, 0.1) is 6.10 Å². The molecule has 0 aliphatic carbocycles. The minimum Gasteiger partial charge on any atom is -0.491 e. The van der Waals surface area contributed by atoms with Gasteiger partial charge in [0.2, 0.25) is 5.88 Å². The average molecular weight is 407 g/mol. The van der Waals surface area contributed by atoms with Crippen molar-refractivity contribution in [2.75, 3.05) is 13.1 Å². The number of carbonyl (C=O) groups is 1. The van der Waals surface area contributed by atoms with E-state index < -0.39 is 0 Å². The van der Waals surface area contributed by atoms with Crippen LogP contribution in [0.5, 0.6) is 11.6 Å². The summed E-state index contributed by atoms with van der Waals surface area (Å²) in [5.41, 5.74) is 0.672. The summed E-state index contributed by atoms with van der Waals surface area (Å²) in [4.78, 5) is 14.6. The zero-order valence-electron chi connectivity index (χ0n) is 17.1. The number of carbonyl (C=O) groups excluding carboxylic acids is 1. The average Bonchev–Trinajstić information content (AvgIpc) is 3.29. The van der Waals surface area contributed by atoms with Crippen LogP contribution in [-0.4, -0.2) is 56.1 Å². The molecule has 0 atom stereocenters. The third-order valence-corrected chi connectivity index (χ3v) is 4.85. The third-order valence-electron chi connectivity index (χ3n) is 4.85. The van der Waals surface area contributed by atoms with Gasteiger partial charge in [-0.3, -0.25) is 4.79 Å². The number of amides is 1. The van der Waals surface area contributed by atoms with Crippen LogP contribution in [0.2, 0.25) is 0 Å². The van der Waals surface area contributed by atoms with Crippen molar-refractivity contribution in [1.29, 1.82) is 0 Å². The number of hydrogen-bond acceptors (Lipinski definition) is 6. The number of ether oxygens (including phenoxy) is 2. The van der Waals surface area contributed by atoms with Crippen molar-refractivity contribution in [3.05, 3.63) is 60.4 Å². The van der Waals surface area contributed by atoms with Gasteiger partial charge in [-0.15, -0.1) is 10.2 Å². The van der Waals surface area contributed by atoms with Gasteiger partial charge in [0.1, 0.15) is 11.9 Å². The van der Waals surface area contributed by atoms with Crippen LogP contribution < -0.4 is 9.47 Å². The van der Waals surface area contributed by atoms with Crippen molar-refractivity contribution in [1.82, 2.24) is 24.9 Å². The van der Waals surface area contributed by atoms with Gasteiger partial charge in [0, 0.05) is 50.0 Å². The van der Waals surface area contributed by atoms with Crippen LogP contribution in [0.15, 0.2) is 54.9 Å². The van der Waals surface area contributed by atoms with E-state index in [1.807, 2.05) is 61.3 Å². The molecule has 3 aromatic rings. The fourth-order valence-corrected chi connectivity index (χ4v) is 3.38. The predicted octanol–water partition coefficient (Wildman–Crippen LogP) is 3.13. The number of hydrogen-bond donors (Lipinski definition) is 0. The second-order valence-electron chi connectivity index (χ2n) is 7.48. The van der Waals surface area contributed by atoms with Crippen molar-refractivity contribution in [3.8, 4) is 17.4 Å². The Morgan fingerprint density at radius 3 is 2.43 bits per heavy atom. The van der Waals surface area contributed by atoms with E-state index in [2.05, 4.69) is 15.3 Å². The van der Waals surface area contributed by atoms with Crippen LogP contribution in [-0.2, 0) is 0 Å². The molecule has 0 N–H and O–H groups in total. The molecule has 1 aromatic carbocycles. The molecule has 1 saturated heterocycles. The maximum atomic E-state index is 12.8. The summed E-state index contributed by atoms with van der Waals surface area (Å²) in [7, 11) is 0. The summed E-state index contributed by atoms with van der Waals surface area (Å²) in [6.07, 6.45) is 5.13. The van der Waals surface area contributed by atoms with E-state index in [1.54, 1.807) is 16.9 Å². The lowest BCUT2D eigenvalue weighted by molar-refractivity contribution is 0.0586. The molecule has 1 amide bonds. The largest absolute Gasteiger partial charge is 0.491 e. The van der Waals surface area contributed by atoms with Gasteiger partial charge in [-0.2, -0.15) is 5.10 Å². The fourth-order valence-electron chi connectivity index (χ4n) is 3.38. The smallest absolute Gasteiger partial charge is 0.253 e. The minimum atomic E-state index is 0.0146. The Morgan fingerprint density at radius 1 is 1.07 bits per heavy atom. The van der Waals surface area contributed by atoms with Crippen molar-refractivity contribution in [2.24, 2.45) is 0 Å². The Hall–Kier alpha value is -3.42. The second-order valence-corrected chi connectivity index (χ2v) is 7.48. The van der Waals surface area contributed by atoms with Gasteiger partial charge in [-0.1, -0.05) is 0 Å². The third kappa shape index (κ3) is 4.76. The van der Waals surface area contributed by atoms with Crippen LogP contribution >= 0.6 is 0 Å². The molecule has 8 heteroatoms. The molecule has 30 heavy (non-hydrogen) atoms. The first kappa shape index (κ1) is 19.9. The van der Waals surface area contributed by atoms with Crippen LogP contribution in [0.4, 0.5) is 0 Å². The number of likely N-dealkylation sites (tertiary alicyclic amines) is 1. The first-order valence-electron chi connectivity index (χ1n) is 10.1. The molecule has 8 nitrogen and oxygen atoms in total. The van der Waals surface area contributed by atoms with Crippen molar-refractivity contribution in [3.63, 3.8) is 0 Å². The van der Waals surface area contributed by atoms with Crippen molar-refractivity contribution >= 4 is 5.91 Å². The van der Waals surface area contributed by atoms with Gasteiger partial charge in [0.15, 0.2) is 5.82 Å². The molecule has 1 aliphatic heterocycles. The van der Waals surface area contributed by atoms with Crippen molar-refractivity contribution in [2.45, 2.75) is 38.9 Å². The van der Waals surface area contributed by atoms with Gasteiger partial charge in [0.25, 0.3) is 5.91 Å². The number of nitrogens with zero attached hydrogens (tertiary/aromatic N) is 5. The highest BCUT2D eigenvalue weighted by Gasteiger charge is 2.25. The first-order chi connectivity index (χ1) is 14.6. The monoisotopic (exact) mass is 407 g/mol. The zero-order valence-corrected chi connectivity index (χ0v) is 17.1. The Balaban J connectivity index is 1.28. The molecule has 0 bridgehead atoms. The topological polar surface area (TPSA) is 82.4 Å². The SMILES string of the molecule is CC(C)Oc1ccc(C(=O)N2CCC(Oc3ccc(-n4cccn4)nn3)CC2)cc1. The van der Waals surface area contributed by atoms with E-state index in [0.29, 0.717) is 30.4 Å². The van der Waals surface area contributed by atoms with E-state index in [1.165, 1.54) is 0 Å². The second kappa shape index (κ2) is 8.94. The summed E-state index contributed by atoms with van der Waals surface area (Å²) in [5, 5.41) is 12.4. The molecule has 0 saturated carbocycles. The van der Waals surface area contributed by atoms with E-state index >= 15 is 0 Å². The lowest BCUT2D eigenvalue weighted by atomic mass is 10.1. The standard InChI is InChI=1S/C22H25N5O3/c1-16(2)29-18-6-4-17(5-7-18)22(28)26-14-10-19(11-15-26)30-21-9-8-20(24-25-21)27-13-3-12-23-27/h3-9,12-13,16,19H,10-11,14-15H2,1-2H3. The molecule has 0 spiro atoms. The number of piperidine rings is 1. The molecule has 1 aliphatic rings. The fraction of sp³-hybridized carbons (Fsp3) is 0.364. The van der Waals surface area contributed by atoms with Gasteiger partial charge in [-0.05, 0) is 50.2 Å². The van der Waals surface area contributed by atoms with E-state index in [-0.39, 0.29) is 18.1 Å². The lowest BCUT2D eigenvalue weighted by Crippen LogP contribution is -2.41. The first-order valence-corrected chi connectivity index (χ1v) is 10.1. The number of rotatable bonds is 6. The summed E-state index contributed by atoms with van der Waals surface area (Å²) < 4.78 is 13.2. The Morgan fingerprint density at radius 2 is 1.83 bits per heavy atom. The van der Waals surface area contributed by atoms with Crippen LogP contribution in [0.1, 0.15) is 37.0 Å². The molecule has 156 valence electrons. The Bertz CT molecular complexity index is 947. The van der Waals surface area contributed by atoms with Crippen LogP contribution in [0.3, 0.4) is 0 Å². The van der Waals surface area contributed by atoms with E-state index in [4.69, 9.17) is 9.47 Å². The number of aromatic nitrogens is 4. The quantitative estimate of drug-likeness (QED) is 0.624. The Labute approximate surface area is 175 Å². The Kier molecular flexibility index (Phi) is 5.92. The minimum absolute atomic E-state index is 0.0146. The molecular formula is C22H25N5O3. The highest BCUT2D eigenvalue weighted by atomic mass is 16.5. The van der Waals surface area contributed by atoms with Crippen molar-refractivity contribution < 1.29 is 14.3 Å². The van der Waals surface area contributed by atoms with Crippen LogP contribution in [0, 0.1) is 0 Å². The van der Waals surface area contributed by atoms with Gasteiger partial charge >= 0.3 is 0 Å². The predicted molar refractivity (Wildman–Crippen MR) is 111 cm³/mol. The van der Waals surface area contributed by atoms with E-state index in [0.717, 1.165) is 18.6 Å². The zero-order chi connectivity index (χ0) is 20.9. The van der Waals surface area contributed by atoms with Gasteiger partial charge in [-0.25, -0.2) is 4.68 Å². The molecule has 3 heterocycles. The summed E-state index contributed by atoms with van der Waals surface area (Å²) in [5.74, 6) is 1.93. The summed E-state index contributed by atoms with van der Waals surface area (Å²) in [6, 6.07) is 12.8. The molecule has 0 unspecified atom stereocenters. The highest BCUT2D eigenvalue weighted by Crippen LogP contribution is 2.20.